The van der Waals surface area contributed by atoms with Gasteiger partial charge in [-0.2, -0.15) is 9.78 Å². The van der Waals surface area contributed by atoms with E-state index >= 15 is 0 Å². The average Bonchev–Trinajstić information content (AvgIpc) is 4.32. The van der Waals surface area contributed by atoms with Crippen LogP contribution in [0.15, 0.2) is 166 Å². The van der Waals surface area contributed by atoms with Crippen LogP contribution in [-0.4, -0.2) is 87.1 Å². The van der Waals surface area contributed by atoms with Gasteiger partial charge in [-0.1, -0.05) is 146 Å². The number of benzene rings is 4. The van der Waals surface area contributed by atoms with Gasteiger partial charge in [0.05, 0.1) is 35.7 Å². The molecule has 4 amide bonds. The van der Waals surface area contributed by atoms with E-state index in [1.165, 1.54) is 33.5 Å². The number of aromatic amines is 1. The van der Waals surface area contributed by atoms with Crippen LogP contribution < -0.4 is 10.9 Å². The Bertz CT molecular complexity index is 3350. The highest BCUT2D eigenvalue weighted by Gasteiger charge is 2.39. The molecule has 1 fully saturated rings. The van der Waals surface area contributed by atoms with Crippen molar-refractivity contribution in [3.63, 3.8) is 0 Å². The Morgan fingerprint density at radius 3 is 2.40 bits per heavy atom. The molecule has 4 aliphatic rings. The summed E-state index contributed by atoms with van der Waals surface area (Å²) in [5, 5.41) is 23.6. The lowest BCUT2D eigenvalue weighted by atomic mass is 10.00. The van der Waals surface area contributed by atoms with E-state index in [4.69, 9.17) is 11.6 Å². The number of hydrazone groups is 1. The summed E-state index contributed by atoms with van der Waals surface area (Å²) in [5.74, 6) is 0.0991. The van der Waals surface area contributed by atoms with E-state index in [9.17, 15) is 19.2 Å². The summed E-state index contributed by atoms with van der Waals surface area (Å²) in [5.41, 5.74) is 6.49. The topological polar surface area (TPSA) is 176 Å². The number of carbonyl (C=O) groups is 3. The molecule has 2 aliphatic carbocycles. The zero-order valence-electron chi connectivity index (χ0n) is 40.4. The van der Waals surface area contributed by atoms with E-state index in [2.05, 4.69) is 35.9 Å². The Kier molecular flexibility index (Phi) is 16.5. The normalized spacial score (nSPS) is 17.6. The molecule has 0 radical (unpaired) electrons. The number of para-hydroxylation sites is 2. The summed E-state index contributed by atoms with van der Waals surface area (Å²) in [6.45, 7) is 4.97. The Morgan fingerprint density at radius 2 is 1.63 bits per heavy atom. The fourth-order valence-electron chi connectivity index (χ4n) is 9.13. The van der Waals surface area contributed by atoms with Crippen molar-refractivity contribution in [2.75, 3.05) is 12.3 Å². The van der Waals surface area contributed by atoms with Gasteiger partial charge in [-0.15, -0.1) is 16.4 Å². The van der Waals surface area contributed by atoms with Gasteiger partial charge in [-0.3, -0.25) is 23.9 Å². The first kappa shape index (κ1) is 50.5. The number of aryl methyl sites for hydroxylation is 2. The van der Waals surface area contributed by atoms with Gasteiger partial charge in [0.15, 0.2) is 0 Å². The third-order valence-corrected chi connectivity index (χ3v) is 15.1. The number of tetrazole rings is 1. The highest BCUT2D eigenvalue weighted by atomic mass is 35.5. The number of rotatable bonds is 11. The number of thiophene rings is 1. The standard InChI is InChI=1S/C19H18ClN3O2.C18H16N6OS.C16H14N2OS.C2H6/c20-14-7-5-12(6-8-14)11-23-18(24)17(22-19(23)25)9-13-10-21-16-4-2-1-3-15(13)16;25-17(24-16(11-12-19-24)14-7-3-1-4-8-14)13-26-18-20-21-22-23(18)15-9-5-2-6-10-15;19-16-14-12-7-4-8-13(12)20-15(14)17-10-18(16)9-11-5-2-1-3-6-11;1-2/h1-5,7-8,10,12,17,21H,6,9,11H2,(H,22,25);1-10,12,16H,11,13H2;1-3,5-6,10H,4,7-9H2;1-2H3. The smallest absolute Gasteiger partial charge is 0.324 e. The lowest BCUT2D eigenvalue weighted by Gasteiger charge is -2.21. The van der Waals surface area contributed by atoms with Crippen LogP contribution in [0.5, 0.6) is 0 Å². The van der Waals surface area contributed by atoms with Gasteiger partial charge in [0.25, 0.3) is 17.4 Å². The number of hydrogen-bond acceptors (Lipinski definition) is 11. The molecule has 372 valence electrons. The molecule has 0 bridgehead atoms. The molecule has 2 aliphatic heterocycles. The van der Waals surface area contributed by atoms with E-state index in [-0.39, 0.29) is 41.1 Å². The Morgan fingerprint density at radius 1 is 0.890 bits per heavy atom. The molecule has 0 spiro atoms. The minimum atomic E-state index is -0.515. The van der Waals surface area contributed by atoms with Crippen LogP contribution in [0, 0.1) is 5.92 Å². The average molecular weight is 1030 g/mol. The van der Waals surface area contributed by atoms with Crippen molar-refractivity contribution in [3.05, 3.63) is 189 Å². The number of aromatic nitrogens is 7. The van der Waals surface area contributed by atoms with Crippen molar-refractivity contribution in [1.29, 1.82) is 0 Å². The molecule has 0 saturated carbocycles. The van der Waals surface area contributed by atoms with Gasteiger partial charge in [-0.25, -0.2) is 14.8 Å². The predicted octanol–water partition coefficient (Wildman–Crippen LogP) is 10.1. The van der Waals surface area contributed by atoms with Gasteiger partial charge >= 0.3 is 6.03 Å². The summed E-state index contributed by atoms with van der Waals surface area (Å²) in [7, 11) is 0. The summed E-state index contributed by atoms with van der Waals surface area (Å²) in [6, 6.07) is 36.6. The second-order valence-electron chi connectivity index (χ2n) is 17.4. The van der Waals surface area contributed by atoms with Crippen molar-refractivity contribution in [2.24, 2.45) is 11.0 Å². The molecule has 1 saturated heterocycles. The van der Waals surface area contributed by atoms with Gasteiger partial charge in [0.2, 0.25) is 5.16 Å². The van der Waals surface area contributed by atoms with E-state index in [0.717, 1.165) is 69.2 Å². The van der Waals surface area contributed by atoms with Crippen molar-refractivity contribution in [1.82, 2.24) is 50.0 Å². The first-order valence-electron chi connectivity index (χ1n) is 24.4. The van der Waals surface area contributed by atoms with Crippen LogP contribution in [0.25, 0.3) is 26.8 Å². The van der Waals surface area contributed by atoms with E-state index in [1.807, 2.05) is 154 Å². The molecule has 4 aromatic heterocycles. The number of urea groups is 1. The monoisotopic (exact) mass is 1030 g/mol. The number of carbonyl (C=O) groups excluding carboxylic acids is 3. The third-order valence-electron chi connectivity index (χ3n) is 12.7. The minimum absolute atomic E-state index is 0.0468. The first-order valence-corrected chi connectivity index (χ1v) is 26.6. The number of hydrogen-bond donors (Lipinski definition) is 2. The van der Waals surface area contributed by atoms with Crippen LogP contribution >= 0.6 is 34.7 Å². The Hall–Kier alpha value is -7.47. The lowest BCUT2D eigenvalue weighted by Crippen LogP contribution is -2.36. The molecule has 6 heterocycles. The minimum Gasteiger partial charge on any atom is -0.361 e. The molecule has 8 aromatic rings. The molecule has 2 N–H and O–H groups in total. The number of nitrogens with one attached hydrogen (secondary N) is 2. The number of fused-ring (bicyclic) bond motifs is 4. The van der Waals surface area contributed by atoms with Gasteiger partial charge < -0.3 is 10.3 Å². The van der Waals surface area contributed by atoms with E-state index in [0.29, 0.717) is 29.7 Å². The second-order valence-corrected chi connectivity index (χ2v) is 19.8. The maximum absolute atomic E-state index is 12.7. The van der Waals surface area contributed by atoms with Gasteiger partial charge in [0, 0.05) is 52.6 Å². The number of amides is 4. The quantitative estimate of drug-likeness (QED) is 0.0943. The SMILES string of the molecule is CC.O=C(CSc1nnnn1-c1ccccc1)N1N=CCC1c1ccccc1.O=C1NC(Cc2c[nH]c3ccccc23)C(=O)N1CC1C=CC(Cl)=CC1.O=c1c2c3c(sc2ncn1Cc1ccccc1)CCC3. The molecule has 3 atom stereocenters. The van der Waals surface area contributed by atoms with Crippen molar-refractivity contribution in [3.8, 4) is 5.69 Å². The molecule has 3 unspecified atom stereocenters. The molecule has 15 nitrogen and oxygen atoms in total. The summed E-state index contributed by atoms with van der Waals surface area (Å²) >= 11 is 8.91. The lowest BCUT2D eigenvalue weighted by molar-refractivity contribution is -0.130. The predicted molar refractivity (Wildman–Crippen MR) is 289 cm³/mol. The van der Waals surface area contributed by atoms with Crippen LogP contribution in [0.4, 0.5) is 4.79 Å². The number of thioether (sulfide) groups is 1. The fraction of sp³-hybridized carbons (Fsp3) is 0.255. The molecule has 73 heavy (non-hydrogen) atoms. The third kappa shape index (κ3) is 11.8. The Labute approximate surface area is 435 Å². The van der Waals surface area contributed by atoms with Gasteiger partial charge in [0.1, 0.15) is 10.9 Å². The number of halogens is 1. The van der Waals surface area contributed by atoms with Crippen LogP contribution in [0.1, 0.15) is 66.3 Å². The Balaban J connectivity index is 0.000000134. The number of allylic oxidation sites excluding steroid dienone is 3. The molecule has 18 heteroatoms. The van der Waals surface area contributed by atoms with Crippen molar-refractivity contribution >= 4 is 79.9 Å². The highest BCUT2D eigenvalue weighted by Crippen LogP contribution is 2.35. The zero-order valence-corrected chi connectivity index (χ0v) is 42.8. The van der Waals surface area contributed by atoms with Crippen LogP contribution in [0.3, 0.4) is 0 Å². The zero-order chi connectivity index (χ0) is 50.7. The molecule has 4 aromatic carbocycles. The summed E-state index contributed by atoms with van der Waals surface area (Å²) in [4.78, 5) is 61.6. The summed E-state index contributed by atoms with van der Waals surface area (Å²) < 4.78 is 3.35. The van der Waals surface area contributed by atoms with Crippen LogP contribution in [-0.2, 0) is 35.4 Å². The fourth-order valence-corrected chi connectivity index (χ4v) is 11.3. The first-order chi connectivity index (χ1) is 35.8. The number of nitrogens with zero attached hydrogens (tertiary/aromatic N) is 9. The highest BCUT2D eigenvalue weighted by molar-refractivity contribution is 7.99. The van der Waals surface area contributed by atoms with Crippen molar-refractivity contribution in [2.45, 2.75) is 76.2 Å². The van der Waals surface area contributed by atoms with E-state index in [1.54, 1.807) is 38.1 Å². The second kappa shape index (κ2) is 23.8. The van der Waals surface area contributed by atoms with Crippen LogP contribution in [0.2, 0.25) is 0 Å². The van der Waals surface area contributed by atoms with E-state index < -0.39 is 6.04 Å². The number of imide groups is 1. The van der Waals surface area contributed by atoms with Gasteiger partial charge in [-0.05, 0) is 88.6 Å². The van der Waals surface area contributed by atoms with Crippen molar-refractivity contribution < 1.29 is 14.4 Å². The molecule has 12 rings (SSSR count). The maximum atomic E-state index is 12.7. The summed E-state index contributed by atoms with van der Waals surface area (Å²) in [6.07, 6.45) is 16.3. The maximum Gasteiger partial charge on any atom is 0.324 e. The largest absolute Gasteiger partial charge is 0.361 e. The molecular weight excluding hydrogens is 978 g/mol. The number of H-pyrrole nitrogens is 1. The molecular formula is C55H54ClN11O4S2.